The van der Waals surface area contributed by atoms with Gasteiger partial charge in [0.2, 0.25) is 10.0 Å². The van der Waals surface area contributed by atoms with Crippen LogP contribution in [0.25, 0.3) is 0 Å². The van der Waals surface area contributed by atoms with E-state index < -0.39 is 22.1 Å². The minimum atomic E-state index is -4.88. The fourth-order valence-electron chi connectivity index (χ4n) is 1.49. The number of rotatable bonds is 8. The van der Waals surface area contributed by atoms with Crippen molar-refractivity contribution in [3.05, 3.63) is 24.3 Å². The van der Waals surface area contributed by atoms with Gasteiger partial charge in [-0.05, 0) is 25.1 Å². The maximum atomic E-state index is 12.2. The largest absolute Gasteiger partial charge is 0.573 e. The van der Waals surface area contributed by atoms with Crippen LogP contribution in [0.5, 0.6) is 5.75 Å². The van der Waals surface area contributed by atoms with Gasteiger partial charge < -0.3 is 10.1 Å². The van der Waals surface area contributed by atoms with E-state index >= 15 is 0 Å². The molecule has 0 atom stereocenters. The summed E-state index contributed by atoms with van der Waals surface area (Å²) in [5, 5.41) is 2.90. The van der Waals surface area contributed by atoms with Crippen LogP contribution in [-0.4, -0.2) is 33.6 Å². The molecule has 0 spiro atoms. The molecule has 0 saturated heterocycles. The van der Waals surface area contributed by atoms with Crippen molar-refractivity contribution >= 4 is 15.7 Å². The van der Waals surface area contributed by atoms with Crippen LogP contribution < -0.4 is 14.8 Å². The molecule has 5 nitrogen and oxygen atoms in total. The molecule has 9 heteroatoms. The molecule has 0 saturated carbocycles. The van der Waals surface area contributed by atoms with Crippen LogP contribution in [0.3, 0.4) is 0 Å². The van der Waals surface area contributed by atoms with Gasteiger partial charge in [-0.1, -0.05) is 19.1 Å². The summed E-state index contributed by atoms with van der Waals surface area (Å²) >= 11 is 0. The van der Waals surface area contributed by atoms with Crippen LogP contribution in [-0.2, 0) is 10.0 Å². The fourth-order valence-corrected chi connectivity index (χ4v) is 2.51. The van der Waals surface area contributed by atoms with E-state index in [4.69, 9.17) is 0 Å². The van der Waals surface area contributed by atoms with Gasteiger partial charge in [-0.15, -0.1) is 13.2 Å². The molecule has 1 rings (SSSR count). The maximum absolute atomic E-state index is 12.2. The predicted molar refractivity (Wildman–Crippen MR) is 73.7 cm³/mol. The molecular weight excluding hydrogens is 309 g/mol. The Morgan fingerprint density at radius 1 is 1.19 bits per heavy atom. The Bertz CT molecular complexity index is 547. The lowest BCUT2D eigenvalue weighted by molar-refractivity contribution is -0.274. The van der Waals surface area contributed by atoms with E-state index in [9.17, 15) is 21.6 Å². The third kappa shape index (κ3) is 7.19. The molecule has 0 aliphatic carbocycles. The van der Waals surface area contributed by atoms with Gasteiger partial charge in [-0.2, -0.15) is 0 Å². The second kappa shape index (κ2) is 7.51. The second-order valence-corrected chi connectivity index (χ2v) is 6.06. The molecule has 0 unspecified atom stereocenters. The summed E-state index contributed by atoms with van der Waals surface area (Å²) in [6, 6.07) is 4.98. The van der Waals surface area contributed by atoms with Crippen molar-refractivity contribution in [3.63, 3.8) is 0 Å². The summed E-state index contributed by atoms with van der Waals surface area (Å²) in [5.74, 6) is -0.831. The minimum absolute atomic E-state index is 0.214. The third-order valence-electron chi connectivity index (χ3n) is 2.35. The standard InChI is InChI=1S/C12H17F3N2O3S/c1-2-7-16-8-9-21(18,19)17-10-5-3-4-6-11(10)20-12(13,14)15/h3-6,16-17H,2,7-9H2,1H3. The average molecular weight is 326 g/mol. The molecule has 0 fully saturated rings. The molecule has 0 aliphatic heterocycles. The van der Waals surface area contributed by atoms with Crippen LogP contribution in [0.15, 0.2) is 24.3 Å². The summed E-state index contributed by atoms with van der Waals surface area (Å²) in [4.78, 5) is 0. The van der Waals surface area contributed by atoms with Gasteiger partial charge in [0.25, 0.3) is 0 Å². The molecule has 0 bridgehead atoms. The first-order valence-corrected chi connectivity index (χ1v) is 7.95. The summed E-state index contributed by atoms with van der Waals surface area (Å²) in [6.07, 6.45) is -4.03. The SMILES string of the molecule is CCCNCCS(=O)(=O)Nc1ccccc1OC(F)(F)F. The topological polar surface area (TPSA) is 67.4 Å². The zero-order chi connectivity index (χ0) is 15.9. The molecule has 0 radical (unpaired) electrons. The molecular formula is C12H17F3N2O3S. The van der Waals surface area contributed by atoms with Gasteiger partial charge in [0.05, 0.1) is 11.4 Å². The quantitative estimate of drug-likeness (QED) is 0.720. The van der Waals surface area contributed by atoms with Crippen molar-refractivity contribution < 1.29 is 26.3 Å². The Kier molecular flexibility index (Phi) is 6.28. The van der Waals surface area contributed by atoms with Crippen molar-refractivity contribution in [2.24, 2.45) is 0 Å². The Labute approximate surface area is 121 Å². The van der Waals surface area contributed by atoms with E-state index in [1.165, 1.54) is 18.2 Å². The van der Waals surface area contributed by atoms with E-state index in [0.717, 1.165) is 12.5 Å². The lowest BCUT2D eigenvalue weighted by Crippen LogP contribution is -2.27. The summed E-state index contributed by atoms with van der Waals surface area (Å²) in [5.41, 5.74) is -0.245. The lowest BCUT2D eigenvalue weighted by Gasteiger charge is -2.14. The number of para-hydroxylation sites is 2. The number of ether oxygens (including phenoxy) is 1. The maximum Gasteiger partial charge on any atom is 0.573 e. The fraction of sp³-hybridized carbons (Fsp3) is 0.500. The molecule has 120 valence electrons. The molecule has 1 aromatic carbocycles. The normalized spacial score (nSPS) is 12.2. The zero-order valence-electron chi connectivity index (χ0n) is 11.4. The van der Waals surface area contributed by atoms with E-state index in [-0.39, 0.29) is 18.0 Å². The summed E-state index contributed by atoms with van der Waals surface area (Å²) < 4.78 is 66.2. The number of anilines is 1. The van der Waals surface area contributed by atoms with Crippen LogP contribution in [0.1, 0.15) is 13.3 Å². The highest BCUT2D eigenvalue weighted by Crippen LogP contribution is 2.30. The monoisotopic (exact) mass is 326 g/mol. The van der Waals surface area contributed by atoms with E-state index in [1.54, 1.807) is 0 Å². The Balaban J connectivity index is 2.73. The van der Waals surface area contributed by atoms with Gasteiger partial charge in [0, 0.05) is 6.54 Å². The van der Waals surface area contributed by atoms with Crippen LogP contribution in [0, 0.1) is 0 Å². The number of hydrogen-bond donors (Lipinski definition) is 2. The van der Waals surface area contributed by atoms with Gasteiger partial charge in [-0.3, -0.25) is 4.72 Å². The lowest BCUT2D eigenvalue weighted by atomic mass is 10.3. The average Bonchev–Trinajstić information content (AvgIpc) is 2.35. The smallest absolute Gasteiger partial charge is 0.404 e. The molecule has 1 aromatic rings. The van der Waals surface area contributed by atoms with Crippen LogP contribution in [0.2, 0.25) is 0 Å². The minimum Gasteiger partial charge on any atom is -0.404 e. The zero-order valence-corrected chi connectivity index (χ0v) is 12.2. The van der Waals surface area contributed by atoms with Gasteiger partial charge in [-0.25, -0.2) is 8.42 Å². The van der Waals surface area contributed by atoms with E-state index in [0.29, 0.717) is 6.54 Å². The third-order valence-corrected chi connectivity index (χ3v) is 3.63. The van der Waals surface area contributed by atoms with Crippen molar-refractivity contribution in [1.82, 2.24) is 5.32 Å². The highest BCUT2D eigenvalue weighted by Gasteiger charge is 2.32. The summed E-state index contributed by atoms with van der Waals surface area (Å²) in [6.45, 7) is 2.82. The van der Waals surface area contributed by atoms with Crippen molar-refractivity contribution in [3.8, 4) is 5.75 Å². The van der Waals surface area contributed by atoms with Gasteiger partial charge in [0.1, 0.15) is 0 Å². The number of sulfonamides is 1. The van der Waals surface area contributed by atoms with E-state index in [1.807, 2.05) is 6.92 Å². The Morgan fingerprint density at radius 3 is 2.48 bits per heavy atom. The first-order valence-electron chi connectivity index (χ1n) is 6.29. The first kappa shape index (κ1) is 17.6. The first-order chi connectivity index (χ1) is 9.73. The molecule has 0 aromatic heterocycles. The molecule has 21 heavy (non-hydrogen) atoms. The number of hydrogen-bond acceptors (Lipinski definition) is 4. The molecule has 0 heterocycles. The predicted octanol–water partition coefficient (Wildman–Crippen LogP) is 2.33. The van der Waals surface area contributed by atoms with Gasteiger partial charge >= 0.3 is 6.36 Å². The number of halogens is 3. The number of nitrogens with one attached hydrogen (secondary N) is 2. The van der Waals surface area contributed by atoms with Crippen molar-refractivity contribution in [2.45, 2.75) is 19.7 Å². The molecule has 0 amide bonds. The van der Waals surface area contributed by atoms with Crippen molar-refractivity contribution in [2.75, 3.05) is 23.6 Å². The highest BCUT2D eigenvalue weighted by molar-refractivity contribution is 7.92. The number of benzene rings is 1. The van der Waals surface area contributed by atoms with Crippen LogP contribution in [0.4, 0.5) is 18.9 Å². The molecule has 0 aliphatic rings. The summed E-state index contributed by atoms with van der Waals surface area (Å²) in [7, 11) is -3.75. The second-order valence-electron chi connectivity index (χ2n) is 4.21. The Morgan fingerprint density at radius 2 is 1.86 bits per heavy atom. The number of alkyl halides is 3. The van der Waals surface area contributed by atoms with Crippen LogP contribution >= 0.6 is 0 Å². The van der Waals surface area contributed by atoms with Crippen molar-refractivity contribution in [1.29, 1.82) is 0 Å². The molecule has 2 N–H and O–H groups in total. The van der Waals surface area contributed by atoms with Gasteiger partial charge in [0.15, 0.2) is 5.75 Å². The van der Waals surface area contributed by atoms with E-state index in [2.05, 4.69) is 14.8 Å². The Hall–Kier alpha value is -1.48. The highest BCUT2D eigenvalue weighted by atomic mass is 32.2.